The molecule has 0 aliphatic carbocycles. The first kappa shape index (κ1) is 19.8. The molecule has 6 nitrogen and oxygen atoms in total. The Morgan fingerprint density at radius 3 is 2.46 bits per heavy atom. The van der Waals surface area contributed by atoms with Crippen molar-refractivity contribution in [2.24, 2.45) is 5.92 Å². The first-order chi connectivity index (χ1) is 13.5. The maximum atomic E-state index is 13.0. The Labute approximate surface area is 162 Å². The average Bonchev–Trinajstić information content (AvgIpc) is 2.70. The van der Waals surface area contributed by atoms with Gasteiger partial charge in [-0.2, -0.15) is 0 Å². The molecule has 0 bridgehead atoms. The molecule has 0 atom stereocenters. The van der Waals surface area contributed by atoms with E-state index in [4.69, 9.17) is 0 Å². The highest BCUT2D eigenvalue weighted by Gasteiger charge is 2.22. The van der Waals surface area contributed by atoms with Gasteiger partial charge in [-0.3, -0.25) is 14.4 Å². The minimum atomic E-state index is -0.318. The van der Waals surface area contributed by atoms with Crippen LogP contribution >= 0.6 is 0 Å². The van der Waals surface area contributed by atoms with E-state index in [1.807, 2.05) is 17.0 Å². The van der Waals surface area contributed by atoms with E-state index in [0.717, 1.165) is 24.8 Å². The van der Waals surface area contributed by atoms with Crippen molar-refractivity contribution < 1.29 is 14.0 Å². The maximum absolute atomic E-state index is 13.0. The van der Waals surface area contributed by atoms with Crippen LogP contribution in [-0.4, -0.2) is 41.3 Å². The Hall–Kier alpha value is -2.96. The zero-order valence-electron chi connectivity index (χ0n) is 15.6. The van der Waals surface area contributed by atoms with Crippen LogP contribution in [0.25, 0.3) is 0 Å². The number of hydrogen-bond donors (Lipinski definition) is 2. The highest BCUT2D eigenvalue weighted by molar-refractivity contribution is 5.94. The van der Waals surface area contributed by atoms with Crippen LogP contribution < -0.4 is 10.9 Å². The van der Waals surface area contributed by atoms with Crippen LogP contribution in [0.4, 0.5) is 4.39 Å². The highest BCUT2D eigenvalue weighted by atomic mass is 19.1. The van der Waals surface area contributed by atoms with Gasteiger partial charge in [-0.1, -0.05) is 12.1 Å². The summed E-state index contributed by atoms with van der Waals surface area (Å²) in [5, 5.41) is 2.70. The van der Waals surface area contributed by atoms with Gasteiger partial charge in [0.15, 0.2) is 0 Å². The predicted octanol–water partition coefficient (Wildman–Crippen LogP) is 2.12. The smallest absolute Gasteiger partial charge is 0.252 e. The fourth-order valence-electron chi connectivity index (χ4n) is 3.44. The molecule has 0 saturated carbocycles. The number of aromatic nitrogens is 1. The molecule has 7 heteroatoms. The molecule has 2 N–H and O–H groups in total. The van der Waals surface area contributed by atoms with Gasteiger partial charge in [0.25, 0.3) is 5.91 Å². The van der Waals surface area contributed by atoms with E-state index in [1.54, 1.807) is 0 Å². The van der Waals surface area contributed by atoms with Crippen LogP contribution in [-0.2, 0) is 11.2 Å². The van der Waals surface area contributed by atoms with Crippen molar-refractivity contribution in [3.8, 4) is 0 Å². The summed E-state index contributed by atoms with van der Waals surface area (Å²) in [6.07, 6.45) is 4.35. The quantitative estimate of drug-likeness (QED) is 0.799. The number of likely N-dealkylation sites (tertiary alicyclic amines) is 1. The number of benzene rings is 1. The number of halogens is 1. The van der Waals surface area contributed by atoms with Gasteiger partial charge in [0.2, 0.25) is 11.5 Å². The molecule has 1 aliphatic rings. The molecule has 0 radical (unpaired) electrons. The number of hydrogen-bond acceptors (Lipinski definition) is 3. The maximum Gasteiger partial charge on any atom is 0.252 e. The number of piperidine rings is 1. The summed E-state index contributed by atoms with van der Waals surface area (Å²) >= 11 is 0. The molecule has 1 aromatic carbocycles. The van der Waals surface area contributed by atoms with Crippen LogP contribution in [0.5, 0.6) is 0 Å². The largest absolute Gasteiger partial charge is 0.351 e. The molecule has 2 amide bonds. The Morgan fingerprint density at radius 1 is 1.11 bits per heavy atom. The van der Waals surface area contributed by atoms with Crippen LogP contribution in [0.15, 0.2) is 47.4 Å². The number of pyridine rings is 1. The van der Waals surface area contributed by atoms with Crippen molar-refractivity contribution in [3.05, 3.63) is 69.9 Å². The van der Waals surface area contributed by atoms with Crippen LogP contribution in [0, 0.1) is 11.7 Å². The predicted molar refractivity (Wildman–Crippen MR) is 103 cm³/mol. The molecule has 1 fully saturated rings. The minimum absolute atomic E-state index is 0.0296. The van der Waals surface area contributed by atoms with Gasteiger partial charge < -0.3 is 15.2 Å². The van der Waals surface area contributed by atoms with Gasteiger partial charge >= 0.3 is 0 Å². The summed E-state index contributed by atoms with van der Waals surface area (Å²) < 4.78 is 13.0. The molecule has 1 aliphatic heterocycles. The Morgan fingerprint density at radius 2 is 1.82 bits per heavy atom. The van der Waals surface area contributed by atoms with Crippen LogP contribution in [0.2, 0.25) is 0 Å². The molecule has 2 heterocycles. The lowest BCUT2D eigenvalue weighted by Gasteiger charge is -2.32. The second-order valence-electron chi connectivity index (χ2n) is 7.10. The van der Waals surface area contributed by atoms with E-state index >= 15 is 0 Å². The summed E-state index contributed by atoms with van der Waals surface area (Å²) in [6.45, 7) is 1.67. The molecular weight excluding hydrogens is 361 g/mol. The Bertz CT molecular complexity index is 851. The second kappa shape index (κ2) is 9.30. The van der Waals surface area contributed by atoms with Crippen molar-refractivity contribution >= 4 is 11.8 Å². The number of H-pyrrole nitrogens is 1. The standard InChI is InChI=1S/C21H24FN3O3/c22-18-4-1-15(2-5-18)13-16-8-11-25(12-9-16)20(27)7-10-23-21(28)17-3-6-19(26)24-14-17/h1-6,14,16H,7-13H2,(H,23,28)(H,24,26). The topological polar surface area (TPSA) is 82.3 Å². The van der Waals surface area contributed by atoms with E-state index in [0.29, 0.717) is 24.6 Å². The van der Waals surface area contributed by atoms with Gasteiger partial charge in [-0.15, -0.1) is 0 Å². The van der Waals surface area contributed by atoms with Gasteiger partial charge in [-0.25, -0.2) is 4.39 Å². The lowest BCUT2D eigenvalue weighted by atomic mass is 9.90. The Kier molecular flexibility index (Phi) is 6.57. The van der Waals surface area contributed by atoms with Crippen LogP contribution in [0.3, 0.4) is 0 Å². The third kappa shape index (κ3) is 5.52. The molecule has 0 spiro atoms. The number of amides is 2. The third-order valence-electron chi connectivity index (χ3n) is 5.08. The molecule has 1 saturated heterocycles. The lowest BCUT2D eigenvalue weighted by molar-refractivity contribution is -0.132. The summed E-state index contributed by atoms with van der Waals surface area (Å²) in [5.74, 6) is -0.0182. The number of nitrogens with zero attached hydrogens (tertiary/aromatic N) is 1. The van der Waals surface area contributed by atoms with E-state index < -0.39 is 0 Å². The monoisotopic (exact) mass is 385 g/mol. The fourth-order valence-corrected chi connectivity index (χ4v) is 3.44. The molecule has 0 unspecified atom stereocenters. The van der Waals surface area contributed by atoms with Crippen molar-refractivity contribution in [1.82, 2.24) is 15.2 Å². The number of carbonyl (C=O) groups is 2. The molecular formula is C21H24FN3O3. The van der Waals surface area contributed by atoms with Gasteiger partial charge in [0.1, 0.15) is 5.82 Å². The normalized spacial score (nSPS) is 14.7. The first-order valence-electron chi connectivity index (χ1n) is 9.50. The van der Waals surface area contributed by atoms with Gasteiger partial charge in [-0.05, 0) is 48.9 Å². The number of nitrogens with one attached hydrogen (secondary N) is 2. The van der Waals surface area contributed by atoms with Crippen molar-refractivity contribution in [2.45, 2.75) is 25.7 Å². The SMILES string of the molecule is O=C(NCCC(=O)N1CCC(Cc2ccc(F)cc2)CC1)c1ccc(=O)[nH]c1. The third-order valence-corrected chi connectivity index (χ3v) is 5.08. The van der Waals surface area contributed by atoms with E-state index in [-0.39, 0.29) is 36.2 Å². The van der Waals surface area contributed by atoms with Crippen molar-refractivity contribution in [1.29, 1.82) is 0 Å². The summed E-state index contributed by atoms with van der Waals surface area (Å²) in [6, 6.07) is 9.33. The van der Waals surface area contributed by atoms with Gasteiger partial charge in [0, 0.05) is 38.3 Å². The van der Waals surface area contributed by atoms with E-state index in [9.17, 15) is 18.8 Å². The molecule has 148 valence electrons. The molecule has 1 aromatic heterocycles. The molecule has 3 rings (SSSR count). The zero-order valence-corrected chi connectivity index (χ0v) is 15.6. The first-order valence-corrected chi connectivity index (χ1v) is 9.50. The summed E-state index contributed by atoms with van der Waals surface area (Å²) in [4.78, 5) is 39.6. The molecule has 28 heavy (non-hydrogen) atoms. The summed E-state index contributed by atoms with van der Waals surface area (Å²) in [5.41, 5.74) is 1.21. The second-order valence-corrected chi connectivity index (χ2v) is 7.10. The van der Waals surface area contributed by atoms with Crippen LogP contribution in [0.1, 0.15) is 35.2 Å². The van der Waals surface area contributed by atoms with E-state index in [2.05, 4.69) is 10.3 Å². The number of carbonyl (C=O) groups excluding carboxylic acids is 2. The zero-order chi connectivity index (χ0) is 19.9. The van der Waals surface area contributed by atoms with Crippen molar-refractivity contribution in [2.75, 3.05) is 19.6 Å². The molecule has 2 aromatic rings. The van der Waals surface area contributed by atoms with E-state index in [1.165, 1.54) is 30.5 Å². The average molecular weight is 385 g/mol. The van der Waals surface area contributed by atoms with Gasteiger partial charge in [0.05, 0.1) is 5.56 Å². The Balaban J connectivity index is 1.37. The highest BCUT2D eigenvalue weighted by Crippen LogP contribution is 2.22. The minimum Gasteiger partial charge on any atom is -0.351 e. The van der Waals surface area contributed by atoms with Crippen molar-refractivity contribution in [3.63, 3.8) is 0 Å². The lowest BCUT2D eigenvalue weighted by Crippen LogP contribution is -2.40. The number of aromatic amines is 1. The summed E-state index contributed by atoms with van der Waals surface area (Å²) in [7, 11) is 0. The number of rotatable bonds is 6. The fraction of sp³-hybridized carbons (Fsp3) is 0.381.